The topological polar surface area (TPSA) is 61.2 Å². The number of hydrogen-bond donors (Lipinski definition) is 0. The number of hydrogen-bond acceptors (Lipinski definition) is 4. The normalized spacial score (nSPS) is 11.9. The molecule has 0 fully saturated rings. The van der Waals surface area contributed by atoms with Gasteiger partial charge in [-0.15, -0.1) is 0 Å². The van der Waals surface area contributed by atoms with E-state index < -0.39 is 9.84 Å². The summed E-state index contributed by atoms with van der Waals surface area (Å²) in [6.07, 6.45) is 5.05. The summed E-state index contributed by atoms with van der Waals surface area (Å²) in [4.78, 5) is 0.285. The van der Waals surface area contributed by atoms with E-state index in [2.05, 4.69) is 31.2 Å². The van der Waals surface area contributed by atoms with Crippen LogP contribution in [0.3, 0.4) is 0 Å². The number of allylic oxidation sites excluding steroid dienone is 1. The second kappa shape index (κ2) is 10.2. The Morgan fingerprint density at radius 1 is 0.882 bits per heavy atom. The molecule has 4 rings (SSSR count). The summed E-state index contributed by atoms with van der Waals surface area (Å²) >= 11 is 0. The van der Waals surface area contributed by atoms with Gasteiger partial charge in [0, 0.05) is 23.6 Å². The highest BCUT2D eigenvalue weighted by atomic mass is 32.2. The summed E-state index contributed by atoms with van der Waals surface area (Å²) in [5.74, 6) is 0. The van der Waals surface area contributed by atoms with E-state index in [1.807, 2.05) is 66.3 Å². The molecule has 0 aliphatic heterocycles. The Morgan fingerprint density at radius 2 is 1.53 bits per heavy atom. The average molecular weight is 473 g/mol. The highest BCUT2D eigenvalue weighted by Crippen LogP contribution is 2.36. The molecule has 0 amide bonds. The second-order valence-corrected chi connectivity index (χ2v) is 10.3. The van der Waals surface area contributed by atoms with Crippen molar-refractivity contribution < 1.29 is 13.2 Å². The third kappa shape index (κ3) is 5.35. The predicted molar refractivity (Wildman–Crippen MR) is 137 cm³/mol. The molecule has 4 aromatic rings. The van der Waals surface area contributed by atoms with E-state index in [1.165, 1.54) is 11.8 Å². The fourth-order valence-electron chi connectivity index (χ4n) is 3.80. The summed E-state index contributed by atoms with van der Waals surface area (Å²) < 4.78 is 31.8. The van der Waals surface area contributed by atoms with Gasteiger partial charge in [0.1, 0.15) is 5.69 Å². The van der Waals surface area contributed by atoms with Gasteiger partial charge in [0.25, 0.3) is 0 Å². The Bertz CT molecular complexity index is 1390. The Morgan fingerprint density at radius 3 is 2.15 bits per heavy atom. The first-order chi connectivity index (χ1) is 16.4. The molecular formula is C28H28N2O3S. The quantitative estimate of drug-likeness (QED) is 0.309. The molecule has 34 heavy (non-hydrogen) atoms. The van der Waals surface area contributed by atoms with Crippen molar-refractivity contribution in [1.82, 2.24) is 9.78 Å². The highest BCUT2D eigenvalue weighted by molar-refractivity contribution is 7.90. The van der Waals surface area contributed by atoms with Gasteiger partial charge in [0.05, 0.1) is 23.8 Å². The summed E-state index contributed by atoms with van der Waals surface area (Å²) in [5.41, 5.74) is 6.83. The van der Waals surface area contributed by atoms with Gasteiger partial charge in [0.2, 0.25) is 0 Å². The van der Waals surface area contributed by atoms with Crippen molar-refractivity contribution in [2.45, 2.75) is 32.0 Å². The average Bonchev–Trinajstić information content (AvgIpc) is 3.18. The van der Waals surface area contributed by atoms with Crippen molar-refractivity contribution in [3.8, 4) is 22.4 Å². The molecule has 174 valence electrons. The van der Waals surface area contributed by atoms with Crippen molar-refractivity contribution in [1.29, 1.82) is 0 Å². The van der Waals surface area contributed by atoms with E-state index in [0.717, 1.165) is 33.6 Å². The molecule has 0 saturated heterocycles. The SMILES string of the molecule is CC=Cn1nc(-c2ccc(S(C)(=O)=O)cc2)c(-c2ccc(C)cc2)c1COCc1ccccc1. The standard InChI is InChI=1S/C28H28N2O3S/c1-4-18-30-26(20-33-19-22-8-6-5-7-9-22)27(23-12-10-21(2)11-13-23)28(29-30)24-14-16-25(17-15-24)34(3,31)32/h4-18H,19-20H2,1-3H3. The summed E-state index contributed by atoms with van der Waals surface area (Å²) in [5, 5.41) is 4.89. The minimum Gasteiger partial charge on any atom is -0.370 e. The third-order valence-electron chi connectivity index (χ3n) is 5.55. The summed E-state index contributed by atoms with van der Waals surface area (Å²) in [6, 6.07) is 25.3. The molecule has 0 aliphatic rings. The first-order valence-electron chi connectivity index (χ1n) is 11.1. The molecule has 0 aliphatic carbocycles. The highest BCUT2D eigenvalue weighted by Gasteiger charge is 2.21. The predicted octanol–water partition coefficient (Wildman–Crippen LogP) is 6.14. The van der Waals surface area contributed by atoms with Crippen LogP contribution in [0.4, 0.5) is 0 Å². The maximum absolute atomic E-state index is 11.9. The lowest BCUT2D eigenvalue weighted by atomic mass is 9.98. The van der Waals surface area contributed by atoms with Crippen LogP contribution >= 0.6 is 0 Å². The lowest BCUT2D eigenvalue weighted by Gasteiger charge is -2.10. The van der Waals surface area contributed by atoms with Gasteiger partial charge >= 0.3 is 0 Å². The molecule has 5 nitrogen and oxygen atoms in total. The maximum atomic E-state index is 11.9. The number of benzene rings is 3. The van der Waals surface area contributed by atoms with Crippen molar-refractivity contribution in [3.63, 3.8) is 0 Å². The number of aryl methyl sites for hydroxylation is 1. The molecule has 0 atom stereocenters. The number of aromatic nitrogens is 2. The Kier molecular flexibility index (Phi) is 7.10. The zero-order chi connectivity index (χ0) is 24.1. The minimum atomic E-state index is -3.28. The molecule has 1 heterocycles. The van der Waals surface area contributed by atoms with Crippen LogP contribution < -0.4 is 0 Å². The van der Waals surface area contributed by atoms with Gasteiger partial charge < -0.3 is 4.74 Å². The van der Waals surface area contributed by atoms with E-state index >= 15 is 0 Å². The first kappa shape index (κ1) is 23.7. The Balaban J connectivity index is 1.80. The molecule has 0 unspecified atom stereocenters. The van der Waals surface area contributed by atoms with Gasteiger partial charge in [-0.1, -0.05) is 78.4 Å². The first-order valence-corrected chi connectivity index (χ1v) is 13.0. The number of nitrogens with zero attached hydrogens (tertiary/aromatic N) is 2. The lowest BCUT2D eigenvalue weighted by molar-refractivity contribution is 0.103. The van der Waals surface area contributed by atoms with Gasteiger partial charge in [-0.25, -0.2) is 13.1 Å². The third-order valence-corrected chi connectivity index (χ3v) is 6.67. The van der Waals surface area contributed by atoms with Gasteiger partial charge in [0.15, 0.2) is 9.84 Å². The minimum absolute atomic E-state index is 0.285. The molecule has 0 saturated carbocycles. The van der Waals surface area contributed by atoms with Crippen LogP contribution in [0.2, 0.25) is 0 Å². The molecule has 0 N–H and O–H groups in total. The lowest BCUT2D eigenvalue weighted by Crippen LogP contribution is -2.02. The summed E-state index contributed by atoms with van der Waals surface area (Å²) in [7, 11) is -3.28. The Hall–Kier alpha value is -3.48. The number of sulfone groups is 1. The number of rotatable bonds is 8. The zero-order valence-corrected chi connectivity index (χ0v) is 20.4. The van der Waals surface area contributed by atoms with Crippen LogP contribution in [0.25, 0.3) is 28.6 Å². The van der Waals surface area contributed by atoms with Crippen LogP contribution in [-0.2, 0) is 27.8 Å². The fourth-order valence-corrected chi connectivity index (χ4v) is 4.43. The zero-order valence-electron chi connectivity index (χ0n) is 19.6. The molecule has 0 radical (unpaired) electrons. The van der Waals surface area contributed by atoms with Crippen LogP contribution in [-0.4, -0.2) is 24.5 Å². The second-order valence-electron chi connectivity index (χ2n) is 8.24. The summed E-state index contributed by atoms with van der Waals surface area (Å²) in [6.45, 7) is 4.87. The molecule has 1 aromatic heterocycles. The molecule has 0 spiro atoms. The molecular weight excluding hydrogens is 444 g/mol. The number of ether oxygens (including phenoxy) is 1. The van der Waals surface area contributed by atoms with Crippen molar-refractivity contribution >= 4 is 16.0 Å². The van der Waals surface area contributed by atoms with Crippen LogP contribution in [0, 0.1) is 6.92 Å². The molecule has 6 heteroatoms. The van der Waals surface area contributed by atoms with Crippen molar-refractivity contribution in [2.75, 3.05) is 6.26 Å². The van der Waals surface area contributed by atoms with E-state index in [1.54, 1.807) is 12.1 Å². The van der Waals surface area contributed by atoms with E-state index in [0.29, 0.717) is 13.2 Å². The smallest absolute Gasteiger partial charge is 0.175 e. The maximum Gasteiger partial charge on any atom is 0.175 e. The van der Waals surface area contributed by atoms with Crippen LogP contribution in [0.15, 0.2) is 89.8 Å². The van der Waals surface area contributed by atoms with Crippen molar-refractivity contribution in [3.05, 3.63) is 102 Å². The van der Waals surface area contributed by atoms with E-state index in [-0.39, 0.29) is 4.90 Å². The van der Waals surface area contributed by atoms with E-state index in [9.17, 15) is 8.42 Å². The van der Waals surface area contributed by atoms with Crippen LogP contribution in [0.1, 0.15) is 23.7 Å². The molecule has 0 bridgehead atoms. The Labute approximate surface area is 201 Å². The van der Waals surface area contributed by atoms with Gasteiger partial charge in [-0.2, -0.15) is 5.10 Å². The van der Waals surface area contributed by atoms with Gasteiger partial charge in [-0.3, -0.25) is 0 Å². The molecule has 3 aromatic carbocycles. The largest absolute Gasteiger partial charge is 0.370 e. The fraction of sp³-hybridized carbons (Fsp3) is 0.179. The van der Waals surface area contributed by atoms with E-state index in [4.69, 9.17) is 9.84 Å². The monoisotopic (exact) mass is 472 g/mol. The van der Waals surface area contributed by atoms with Gasteiger partial charge in [-0.05, 0) is 37.1 Å². The van der Waals surface area contributed by atoms with Crippen LogP contribution in [0.5, 0.6) is 0 Å². The van der Waals surface area contributed by atoms with Crippen molar-refractivity contribution in [2.24, 2.45) is 0 Å².